The predicted octanol–water partition coefficient (Wildman–Crippen LogP) is 1.29. The lowest BCUT2D eigenvalue weighted by molar-refractivity contribution is -0.0232. The van der Waals surface area contributed by atoms with Crippen molar-refractivity contribution in [2.45, 2.75) is 18.6 Å². The molecule has 2 rings (SSSR count). The van der Waals surface area contributed by atoms with E-state index in [9.17, 15) is 5.11 Å². The Morgan fingerprint density at radius 3 is 3.07 bits per heavy atom. The van der Waals surface area contributed by atoms with E-state index in [-0.39, 0.29) is 6.10 Å². The van der Waals surface area contributed by atoms with Crippen LogP contribution in [-0.2, 0) is 11.2 Å². The molecule has 2 unspecified atom stereocenters. The van der Waals surface area contributed by atoms with E-state index in [1.807, 2.05) is 24.3 Å². The lowest BCUT2D eigenvalue weighted by Crippen LogP contribution is -2.25. The fourth-order valence-corrected chi connectivity index (χ4v) is 1.77. The molecule has 0 saturated heterocycles. The van der Waals surface area contributed by atoms with Crippen LogP contribution in [0.25, 0.3) is 0 Å². The van der Waals surface area contributed by atoms with Gasteiger partial charge in [0, 0.05) is 0 Å². The van der Waals surface area contributed by atoms with E-state index in [0.29, 0.717) is 6.61 Å². The van der Waals surface area contributed by atoms with Crippen LogP contribution in [0.3, 0.4) is 0 Å². The molecular weight excluding hydrogens is 176 g/mol. The van der Waals surface area contributed by atoms with E-state index in [4.69, 9.17) is 11.2 Å². The molecule has 1 aliphatic heterocycles. The van der Waals surface area contributed by atoms with Gasteiger partial charge in [0.1, 0.15) is 12.2 Å². The van der Waals surface area contributed by atoms with Crippen LogP contribution in [0.15, 0.2) is 24.3 Å². The second-order valence-corrected chi connectivity index (χ2v) is 3.35. The first kappa shape index (κ1) is 9.26. The molecule has 2 nitrogen and oxygen atoms in total. The van der Waals surface area contributed by atoms with Crippen molar-refractivity contribution >= 4 is 0 Å². The first-order valence-electron chi connectivity index (χ1n) is 4.66. The van der Waals surface area contributed by atoms with Crippen molar-refractivity contribution < 1.29 is 9.84 Å². The Bertz CT molecular complexity index is 365. The van der Waals surface area contributed by atoms with Gasteiger partial charge in [-0.1, -0.05) is 30.2 Å². The minimum atomic E-state index is -0.851. The fraction of sp³-hybridized carbons (Fsp3) is 0.333. The number of fused-ring (bicyclic) bond motifs is 1. The van der Waals surface area contributed by atoms with Crippen molar-refractivity contribution in [3.63, 3.8) is 0 Å². The minimum Gasteiger partial charge on any atom is -0.377 e. The van der Waals surface area contributed by atoms with E-state index in [0.717, 1.165) is 12.0 Å². The summed E-state index contributed by atoms with van der Waals surface area (Å²) in [6.07, 6.45) is 4.87. The van der Waals surface area contributed by atoms with E-state index >= 15 is 0 Å². The fourth-order valence-electron chi connectivity index (χ4n) is 1.77. The van der Waals surface area contributed by atoms with Gasteiger partial charge in [-0.3, -0.25) is 0 Å². The second kappa shape index (κ2) is 3.83. The SMILES string of the molecule is C#CC(O)C1OCCc2ccccc21. The third kappa shape index (κ3) is 1.52. The summed E-state index contributed by atoms with van der Waals surface area (Å²) < 4.78 is 5.46. The Morgan fingerprint density at radius 1 is 1.50 bits per heavy atom. The summed E-state index contributed by atoms with van der Waals surface area (Å²) in [4.78, 5) is 0. The highest BCUT2D eigenvalue weighted by Gasteiger charge is 2.25. The largest absolute Gasteiger partial charge is 0.377 e. The second-order valence-electron chi connectivity index (χ2n) is 3.35. The highest BCUT2D eigenvalue weighted by atomic mass is 16.5. The van der Waals surface area contributed by atoms with Crippen molar-refractivity contribution in [2.24, 2.45) is 0 Å². The average Bonchev–Trinajstić information content (AvgIpc) is 2.27. The van der Waals surface area contributed by atoms with Gasteiger partial charge in [0.15, 0.2) is 0 Å². The number of hydrogen-bond acceptors (Lipinski definition) is 2. The molecule has 14 heavy (non-hydrogen) atoms. The molecule has 2 heteroatoms. The van der Waals surface area contributed by atoms with Gasteiger partial charge < -0.3 is 9.84 Å². The van der Waals surface area contributed by atoms with Crippen LogP contribution in [0.4, 0.5) is 0 Å². The monoisotopic (exact) mass is 188 g/mol. The maximum Gasteiger partial charge on any atom is 0.144 e. The molecule has 0 spiro atoms. The van der Waals surface area contributed by atoms with Gasteiger partial charge in [-0.05, 0) is 17.5 Å². The van der Waals surface area contributed by atoms with Crippen LogP contribution in [0.5, 0.6) is 0 Å². The molecule has 1 aromatic carbocycles. The van der Waals surface area contributed by atoms with Crippen molar-refractivity contribution in [1.29, 1.82) is 0 Å². The highest BCUT2D eigenvalue weighted by molar-refractivity contribution is 5.32. The number of hydrogen-bond donors (Lipinski definition) is 1. The molecule has 72 valence electrons. The third-order valence-corrected chi connectivity index (χ3v) is 2.49. The zero-order valence-electron chi connectivity index (χ0n) is 7.81. The van der Waals surface area contributed by atoms with Crippen LogP contribution in [0.2, 0.25) is 0 Å². The Kier molecular flexibility index (Phi) is 2.53. The molecule has 1 N–H and O–H groups in total. The summed E-state index contributed by atoms with van der Waals surface area (Å²) in [5, 5.41) is 9.57. The maximum absolute atomic E-state index is 9.57. The van der Waals surface area contributed by atoms with Crippen LogP contribution in [-0.4, -0.2) is 17.8 Å². The number of ether oxygens (including phenoxy) is 1. The number of aliphatic hydroxyl groups excluding tert-OH is 1. The average molecular weight is 188 g/mol. The molecule has 1 heterocycles. The summed E-state index contributed by atoms with van der Waals surface area (Å²) in [6, 6.07) is 7.93. The van der Waals surface area contributed by atoms with E-state index in [2.05, 4.69) is 5.92 Å². The lowest BCUT2D eigenvalue weighted by atomic mass is 9.95. The number of terminal acetylenes is 1. The quantitative estimate of drug-likeness (QED) is 0.673. The van der Waals surface area contributed by atoms with Crippen molar-refractivity contribution in [3.8, 4) is 12.3 Å². The standard InChI is InChI=1S/C12H12O2/c1-2-11(13)12-10-6-4-3-5-9(10)7-8-14-12/h1,3-6,11-13H,7-8H2. The van der Waals surface area contributed by atoms with E-state index < -0.39 is 6.10 Å². The Morgan fingerprint density at radius 2 is 2.29 bits per heavy atom. The summed E-state index contributed by atoms with van der Waals surface area (Å²) in [5.74, 6) is 2.31. The normalized spacial score (nSPS) is 22.1. The van der Waals surface area contributed by atoms with Crippen LogP contribution >= 0.6 is 0 Å². The zero-order chi connectivity index (χ0) is 9.97. The van der Waals surface area contributed by atoms with E-state index in [1.54, 1.807) is 0 Å². The summed E-state index contributed by atoms with van der Waals surface area (Å²) in [5.41, 5.74) is 2.24. The smallest absolute Gasteiger partial charge is 0.144 e. The minimum absolute atomic E-state index is 0.357. The molecule has 1 aliphatic rings. The number of benzene rings is 1. The van der Waals surface area contributed by atoms with Crippen LogP contribution in [0.1, 0.15) is 17.2 Å². The van der Waals surface area contributed by atoms with Crippen molar-refractivity contribution in [2.75, 3.05) is 6.61 Å². The molecule has 0 amide bonds. The summed E-state index contributed by atoms with van der Waals surface area (Å²) in [6.45, 7) is 0.625. The van der Waals surface area contributed by atoms with Crippen molar-refractivity contribution in [1.82, 2.24) is 0 Å². The number of rotatable bonds is 1. The van der Waals surface area contributed by atoms with Gasteiger partial charge in [0.2, 0.25) is 0 Å². The van der Waals surface area contributed by atoms with Gasteiger partial charge in [0.05, 0.1) is 6.61 Å². The van der Waals surface area contributed by atoms with Crippen LogP contribution in [0, 0.1) is 12.3 Å². The van der Waals surface area contributed by atoms with Gasteiger partial charge >= 0.3 is 0 Å². The Hall–Kier alpha value is -1.30. The molecule has 2 atom stereocenters. The maximum atomic E-state index is 9.57. The molecule has 0 bridgehead atoms. The number of aliphatic hydroxyl groups is 1. The lowest BCUT2D eigenvalue weighted by Gasteiger charge is -2.27. The summed E-state index contributed by atoms with van der Waals surface area (Å²) >= 11 is 0. The molecule has 1 aromatic rings. The zero-order valence-corrected chi connectivity index (χ0v) is 7.81. The molecule has 0 aliphatic carbocycles. The third-order valence-electron chi connectivity index (χ3n) is 2.49. The first-order valence-corrected chi connectivity index (χ1v) is 4.66. The van der Waals surface area contributed by atoms with Crippen LogP contribution < -0.4 is 0 Å². The molecule has 0 saturated carbocycles. The van der Waals surface area contributed by atoms with Gasteiger partial charge in [0.25, 0.3) is 0 Å². The van der Waals surface area contributed by atoms with Gasteiger partial charge in [-0.15, -0.1) is 6.42 Å². The first-order chi connectivity index (χ1) is 6.83. The molecule has 0 fully saturated rings. The van der Waals surface area contributed by atoms with E-state index in [1.165, 1.54) is 5.56 Å². The van der Waals surface area contributed by atoms with Gasteiger partial charge in [-0.25, -0.2) is 0 Å². The van der Waals surface area contributed by atoms with Gasteiger partial charge in [-0.2, -0.15) is 0 Å². The topological polar surface area (TPSA) is 29.5 Å². The molecule has 0 aromatic heterocycles. The highest BCUT2D eigenvalue weighted by Crippen LogP contribution is 2.29. The summed E-state index contributed by atoms with van der Waals surface area (Å²) in [7, 11) is 0. The Balaban J connectivity index is 2.36. The van der Waals surface area contributed by atoms with Crippen molar-refractivity contribution in [3.05, 3.63) is 35.4 Å². The predicted molar refractivity (Wildman–Crippen MR) is 53.7 cm³/mol. The Labute approximate surface area is 83.5 Å². The molecular formula is C12H12O2. The molecule has 0 radical (unpaired) electrons.